The Balaban J connectivity index is 2.90. The van der Waals surface area contributed by atoms with E-state index in [2.05, 4.69) is 27.4 Å². The summed E-state index contributed by atoms with van der Waals surface area (Å²) in [6.07, 6.45) is 6.05. The summed E-state index contributed by atoms with van der Waals surface area (Å²) in [7, 11) is 0. The van der Waals surface area contributed by atoms with Crippen molar-refractivity contribution in [2.24, 2.45) is 17.3 Å². The molecule has 0 spiro atoms. The third-order valence-electron chi connectivity index (χ3n) is 3.93. The summed E-state index contributed by atoms with van der Waals surface area (Å²) in [6.45, 7) is 12.6. The molecule has 15 heavy (non-hydrogen) atoms. The molecule has 1 heteroatoms. The van der Waals surface area contributed by atoms with Crippen molar-refractivity contribution in [3.8, 4) is 0 Å². The van der Waals surface area contributed by atoms with E-state index in [0.717, 1.165) is 6.42 Å². The minimum Gasteiger partial charge on any atom is -0.295 e. The summed E-state index contributed by atoms with van der Waals surface area (Å²) >= 11 is 0. The zero-order valence-corrected chi connectivity index (χ0v) is 10.3. The quantitative estimate of drug-likeness (QED) is 0.496. The van der Waals surface area contributed by atoms with Crippen LogP contribution in [-0.2, 0) is 4.79 Å². The van der Waals surface area contributed by atoms with Gasteiger partial charge in [0.1, 0.15) is 0 Å². The van der Waals surface area contributed by atoms with E-state index in [4.69, 9.17) is 0 Å². The highest BCUT2D eigenvalue weighted by Gasteiger charge is 2.38. The van der Waals surface area contributed by atoms with Crippen molar-refractivity contribution >= 4 is 5.78 Å². The summed E-state index contributed by atoms with van der Waals surface area (Å²) in [5.74, 6) is 1.16. The maximum Gasteiger partial charge on any atom is 0.152 e. The van der Waals surface area contributed by atoms with Gasteiger partial charge in [0.2, 0.25) is 0 Å². The maximum absolute atomic E-state index is 11.0. The first-order valence-corrected chi connectivity index (χ1v) is 5.72. The molecule has 0 aliphatic heterocycles. The molecule has 1 aliphatic carbocycles. The molecule has 1 nitrogen and oxygen atoms in total. The maximum atomic E-state index is 11.0. The molecule has 1 saturated carbocycles. The fraction of sp³-hybridized carbons (Fsp3) is 0.643. The van der Waals surface area contributed by atoms with Gasteiger partial charge in [-0.25, -0.2) is 0 Å². The molecule has 0 amide bonds. The van der Waals surface area contributed by atoms with Gasteiger partial charge in [-0.1, -0.05) is 39.0 Å². The second-order valence-electron chi connectivity index (χ2n) is 5.37. The number of rotatable bonds is 2. The number of allylic oxidation sites excluding steroid dienone is 3. The van der Waals surface area contributed by atoms with Gasteiger partial charge in [-0.05, 0) is 37.2 Å². The van der Waals surface area contributed by atoms with Gasteiger partial charge in [-0.2, -0.15) is 0 Å². The Bertz CT molecular complexity index is 296. The SMILES string of the molecule is C=C1CC[C@H](C)C(C)(C)[C@@H]1/C=C\C(C)=O. The molecule has 1 rings (SSSR count). The van der Waals surface area contributed by atoms with E-state index in [1.807, 2.05) is 6.08 Å². The van der Waals surface area contributed by atoms with E-state index in [9.17, 15) is 4.79 Å². The van der Waals surface area contributed by atoms with Crippen LogP contribution in [0.3, 0.4) is 0 Å². The molecule has 0 bridgehead atoms. The molecule has 0 unspecified atom stereocenters. The summed E-state index contributed by atoms with van der Waals surface area (Å²) in [5, 5.41) is 0. The summed E-state index contributed by atoms with van der Waals surface area (Å²) in [5.41, 5.74) is 1.50. The Morgan fingerprint density at radius 1 is 1.53 bits per heavy atom. The van der Waals surface area contributed by atoms with Gasteiger partial charge in [-0.3, -0.25) is 4.79 Å². The monoisotopic (exact) mass is 206 g/mol. The van der Waals surface area contributed by atoms with Crippen LogP contribution in [0.15, 0.2) is 24.3 Å². The van der Waals surface area contributed by atoms with Crippen molar-refractivity contribution in [1.29, 1.82) is 0 Å². The largest absolute Gasteiger partial charge is 0.295 e. The summed E-state index contributed by atoms with van der Waals surface area (Å²) < 4.78 is 0. The first-order valence-electron chi connectivity index (χ1n) is 5.72. The van der Waals surface area contributed by atoms with Crippen LogP contribution in [0.4, 0.5) is 0 Å². The van der Waals surface area contributed by atoms with Crippen molar-refractivity contribution in [2.75, 3.05) is 0 Å². The molecular weight excluding hydrogens is 184 g/mol. The van der Waals surface area contributed by atoms with Crippen LogP contribution < -0.4 is 0 Å². The van der Waals surface area contributed by atoms with E-state index in [-0.39, 0.29) is 11.2 Å². The summed E-state index contributed by atoms with van der Waals surface area (Å²) in [4.78, 5) is 11.0. The van der Waals surface area contributed by atoms with Crippen molar-refractivity contribution in [2.45, 2.75) is 40.5 Å². The number of hydrogen-bond donors (Lipinski definition) is 0. The molecule has 0 aromatic carbocycles. The van der Waals surface area contributed by atoms with Crippen LogP contribution in [0, 0.1) is 17.3 Å². The predicted octanol–water partition coefficient (Wildman–Crippen LogP) is 3.76. The molecule has 0 aromatic rings. The van der Waals surface area contributed by atoms with Crippen LogP contribution in [0.5, 0.6) is 0 Å². The van der Waals surface area contributed by atoms with E-state index in [1.165, 1.54) is 12.0 Å². The van der Waals surface area contributed by atoms with Gasteiger partial charge >= 0.3 is 0 Å². The van der Waals surface area contributed by atoms with E-state index in [0.29, 0.717) is 11.8 Å². The second-order valence-corrected chi connectivity index (χ2v) is 5.37. The molecule has 0 aromatic heterocycles. The topological polar surface area (TPSA) is 17.1 Å². The average molecular weight is 206 g/mol. The van der Waals surface area contributed by atoms with Gasteiger partial charge < -0.3 is 0 Å². The Labute approximate surface area is 93.3 Å². The van der Waals surface area contributed by atoms with Crippen LogP contribution >= 0.6 is 0 Å². The Morgan fingerprint density at radius 3 is 2.67 bits per heavy atom. The van der Waals surface area contributed by atoms with Crippen molar-refractivity contribution in [1.82, 2.24) is 0 Å². The second kappa shape index (κ2) is 4.34. The lowest BCUT2D eigenvalue weighted by molar-refractivity contribution is -0.112. The third kappa shape index (κ3) is 2.58. The minimum absolute atomic E-state index is 0.122. The zero-order valence-electron chi connectivity index (χ0n) is 10.3. The standard InChI is InChI=1S/C14H22O/c1-10-6-7-11(2)14(4,5)13(10)9-8-12(3)15/h8-9,11,13H,1,6-7H2,2-5H3/b9-8-/t11-,13+/m0/s1. The number of carbonyl (C=O) groups excluding carboxylic acids is 1. The normalized spacial score (nSPS) is 30.8. The molecule has 2 atom stereocenters. The highest BCUT2D eigenvalue weighted by Crippen LogP contribution is 2.47. The minimum atomic E-state index is 0.122. The average Bonchev–Trinajstić information content (AvgIpc) is 2.11. The van der Waals surface area contributed by atoms with Crippen LogP contribution in [0.1, 0.15) is 40.5 Å². The lowest BCUT2D eigenvalue weighted by Gasteiger charge is -2.44. The Hall–Kier alpha value is -0.850. The third-order valence-corrected chi connectivity index (χ3v) is 3.93. The van der Waals surface area contributed by atoms with E-state index >= 15 is 0 Å². The highest BCUT2D eigenvalue weighted by molar-refractivity contribution is 5.87. The predicted molar refractivity (Wildman–Crippen MR) is 64.6 cm³/mol. The fourth-order valence-electron chi connectivity index (χ4n) is 2.38. The number of hydrogen-bond acceptors (Lipinski definition) is 1. The smallest absolute Gasteiger partial charge is 0.152 e. The lowest BCUT2D eigenvalue weighted by atomic mass is 9.61. The molecule has 1 fully saturated rings. The van der Waals surface area contributed by atoms with Gasteiger partial charge in [-0.15, -0.1) is 0 Å². The highest BCUT2D eigenvalue weighted by atomic mass is 16.1. The molecule has 0 N–H and O–H groups in total. The Kier molecular flexibility index (Phi) is 3.54. The van der Waals surface area contributed by atoms with Crippen LogP contribution in [-0.4, -0.2) is 5.78 Å². The van der Waals surface area contributed by atoms with Crippen molar-refractivity contribution in [3.05, 3.63) is 24.3 Å². The van der Waals surface area contributed by atoms with Gasteiger partial charge in [0.05, 0.1) is 0 Å². The first-order chi connectivity index (χ1) is 6.85. The number of ketones is 1. The van der Waals surface area contributed by atoms with Crippen LogP contribution in [0.25, 0.3) is 0 Å². The van der Waals surface area contributed by atoms with Gasteiger partial charge in [0, 0.05) is 5.92 Å². The van der Waals surface area contributed by atoms with Gasteiger partial charge in [0.15, 0.2) is 5.78 Å². The van der Waals surface area contributed by atoms with Crippen molar-refractivity contribution in [3.63, 3.8) is 0 Å². The van der Waals surface area contributed by atoms with E-state index in [1.54, 1.807) is 13.0 Å². The number of carbonyl (C=O) groups is 1. The summed E-state index contributed by atoms with van der Waals surface area (Å²) in [6, 6.07) is 0. The fourth-order valence-corrected chi connectivity index (χ4v) is 2.38. The lowest BCUT2D eigenvalue weighted by Crippen LogP contribution is -2.35. The van der Waals surface area contributed by atoms with E-state index < -0.39 is 0 Å². The Morgan fingerprint density at radius 2 is 2.13 bits per heavy atom. The zero-order chi connectivity index (χ0) is 11.6. The first kappa shape index (κ1) is 12.2. The molecule has 1 aliphatic rings. The molecule has 0 heterocycles. The molecule has 84 valence electrons. The van der Waals surface area contributed by atoms with Gasteiger partial charge in [0.25, 0.3) is 0 Å². The molecular formula is C14H22O. The van der Waals surface area contributed by atoms with Crippen LogP contribution in [0.2, 0.25) is 0 Å². The molecule has 0 radical (unpaired) electrons. The molecule has 0 saturated heterocycles. The van der Waals surface area contributed by atoms with Crippen molar-refractivity contribution < 1.29 is 4.79 Å².